The number of carbonyl (C=O) groups excluding carboxylic acids is 2. The summed E-state index contributed by atoms with van der Waals surface area (Å²) in [5.41, 5.74) is 1.81. The third-order valence-corrected chi connectivity index (χ3v) is 6.04. The van der Waals surface area contributed by atoms with Crippen LogP contribution in [0.4, 0.5) is 4.39 Å². The molecule has 0 bridgehead atoms. The zero-order valence-corrected chi connectivity index (χ0v) is 19.6. The number of fused-ring (bicyclic) bond motifs is 1. The molecule has 2 heterocycles. The van der Waals surface area contributed by atoms with Gasteiger partial charge in [0.2, 0.25) is 5.78 Å². The monoisotopic (exact) mass is 467 g/mol. The van der Waals surface area contributed by atoms with Crippen LogP contribution >= 0.6 is 0 Å². The summed E-state index contributed by atoms with van der Waals surface area (Å²) >= 11 is 0. The van der Waals surface area contributed by atoms with Crippen LogP contribution in [0.5, 0.6) is 11.5 Å². The molecule has 1 fully saturated rings. The van der Waals surface area contributed by atoms with Gasteiger partial charge in [0.25, 0.3) is 5.91 Å². The number of piperazine rings is 1. The number of hydrogen-bond acceptors (Lipinski definition) is 6. The maximum atomic E-state index is 13.0. The molecular weight excluding hydrogens is 437 g/mol. The molecule has 2 aliphatic rings. The lowest BCUT2D eigenvalue weighted by molar-refractivity contribution is 0.0927. The predicted octanol–water partition coefficient (Wildman–Crippen LogP) is 3.12. The molecule has 0 aromatic heterocycles. The zero-order valence-electron chi connectivity index (χ0n) is 19.6. The average Bonchev–Trinajstić information content (AvgIpc) is 3.18. The van der Waals surface area contributed by atoms with Gasteiger partial charge in [-0.3, -0.25) is 19.4 Å². The van der Waals surface area contributed by atoms with Crippen LogP contribution in [0.2, 0.25) is 0 Å². The van der Waals surface area contributed by atoms with Gasteiger partial charge in [-0.1, -0.05) is 6.07 Å². The van der Waals surface area contributed by atoms with Crippen LogP contribution < -0.4 is 14.8 Å². The predicted molar refractivity (Wildman–Crippen MR) is 127 cm³/mol. The number of hydrogen-bond donors (Lipinski definition) is 1. The van der Waals surface area contributed by atoms with E-state index < -0.39 is 0 Å². The molecule has 0 saturated carbocycles. The zero-order chi connectivity index (χ0) is 24.1. The Labute approximate surface area is 199 Å². The second-order valence-corrected chi connectivity index (χ2v) is 8.68. The second kappa shape index (κ2) is 10.8. The van der Waals surface area contributed by atoms with Crippen LogP contribution in [0.15, 0.2) is 53.8 Å². The highest BCUT2D eigenvalue weighted by Gasteiger charge is 2.31. The normalized spacial score (nSPS) is 16.2. The summed E-state index contributed by atoms with van der Waals surface area (Å²) in [5.74, 6) is 0.839. The van der Waals surface area contributed by atoms with Gasteiger partial charge in [-0.15, -0.1) is 0 Å². The second-order valence-electron chi connectivity index (χ2n) is 8.68. The average molecular weight is 468 g/mol. The van der Waals surface area contributed by atoms with Gasteiger partial charge in [-0.05, 0) is 55.8 Å². The van der Waals surface area contributed by atoms with Gasteiger partial charge >= 0.3 is 0 Å². The summed E-state index contributed by atoms with van der Waals surface area (Å²) in [6.45, 7) is 9.91. The summed E-state index contributed by atoms with van der Waals surface area (Å²) in [4.78, 5) is 29.4. The van der Waals surface area contributed by atoms with E-state index in [0.717, 1.165) is 44.8 Å². The Balaban J connectivity index is 1.17. The van der Waals surface area contributed by atoms with Crippen molar-refractivity contribution in [1.82, 2.24) is 15.1 Å². The highest BCUT2D eigenvalue weighted by Crippen LogP contribution is 2.38. The lowest BCUT2D eigenvalue weighted by atomic mass is 10.1. The molecule has 2 aromatic carbocycles. The Morgan fingerprint density at radius 3 is 2.38 bits per heavy atom. The molecule has 1 saturated heterocycles. The number of Topliss-reactive ketones (excluding diaryl/α,β-unsaturated/α-hetero) is 1. The molecule has 8 heteroatoms. The minimum absolute atomic E-state index is 0.120. The fourth-order valence-electron chi connectivity index (χ4n) is 4.09. The minimum atomic E-state index is -0.354. The molecule has 0 atom stereocenters. The molecule has 0 spiro atoms. The van der Waals surface area contributed by atoms with Crippen LogP contribution in [0, 0.1) is 5.82 Å². The fraction of sp³-hybridized carbons (Fsp3) is 0.385. The number of rotatable bonds is 8. The third kappa shape index (κ3) is 5.63. The first-order valence-electron chi connectivity index (χ1n) is 11.6. The van der Waals surface area contributed by atoms with Gasteiger partial charge in [-0.2, -0.15) is 0 Å². The standard InChI is InChI=1S/C26H30FN3O4/c1-18(2)25-24(31)23-21(4-3-5-22(23)34-25)33-17-16-30-14-12-29(13-15-30)11-10-28-26(32)19-6-8-20(27)9-7-19/h3-9H,10-17H2,1-2H3,(H,28,32). The number of allylic oxidation sites excluding steroid dienone is 2. The van der Waals surface area contributed by atoms with Gasteiger partial charge in [0.1, 0.15) is 29.5 Å². The van der Waals surface area contributed by atoms with Gasteiger partial charge in [0.15, 0.2) is 5.76 Å². The van der Waals surface area contributed by atoms with Crippen molar-refractivity contribution in [2.24, 2.45) is 0 Å². The first-order valence-corrected chi connectivity index (χ1v) is 11.6. The SMILES string of the molecule is CC(C)=C1Oc2cccc(OCCN3CCN(CCNC(=O)c4ccc(F)cc4)CC3)c2C1=O. The molecule has 180 valence electrons. The summed E-state index contributed by atoms with van der Waals surface area (Å²) in [7, 11) is 0. The number of ketones is 1. The van der Waals surface area contributed by atoms with Crippen molar-refractivity contribution in [3.63, 3.8) is 0 Å². The molecule has 2 aliphatic heterocycles. The topological polar surface area (TPSA) is 71.1 Å². The van der Waals surface area contributed by atoms with Crippen LogP contribution in [0.1, 0.15) is 34.6 Å². The van der Waals surface area contributed by atoms with E-state index in [4.69, 9.17) is 9.47 Å². The van der Waals surface area contributed by atoms with Crippen LogP contribution in [-0.4, -0.2) is 73.9 Å². The lowest BCUT2D eigenvalue weighted by Crippen LogP contribution is -2.49. The van der Waals surface area contributed by atoms with Crippen molar-refractivity contribution in [2.45, 2.75) is 13.8 Å². The van der Waals surface area contributed by atoms with Crippen molar-refractivity contribution in [3.8, 4) is 11.5 Å². The Hall–Kier alpha value is -3.23. The fourth-order valence-corrected chi connectivity index (χ4v) is 4.09. The number of ether oxygens (including phenoxy) is 2. The Kier molecular flexibility index (Phi) is 7.59. The maximum absolute atomic E-state index is 13.0. The van der Waals surface area contributed by atoms with E-state index in [2.05, 4.69) is 15.1 Å². The van der Waals surface area contributed by atoms with E-state index in [-0.39, 0.29) is 17.5 Å². The summed E-state index contributed by atoms with van der Waals surface area (Å²) in [5, 5.41) is 2.89. The number of benzene rings is 2. The third-order valence-electron chi connectivity index (χ3n) is 6.04. The quantitative estimate of drug-likeness (QED) is 0.602. The van der Waals surface area contributed by atoms with Crippen molar-refractivity contribution >= 4 is 11.7 Å². The van der Waals surface area contributed by atoms with E-state index in [1.54, 1.807) is 6.07 Å². The van der Waals surface area contributed by atoms with Gasteiger partial charge in [0.05, 0.1) is 0 Å². The summed E-state index contributed by atoms with van der Waals surface area (Å²) < 4.78 is 24.6. The van der Waals surface area contributed by atoms with Gasteiger partial charge in [-0.25, -0.2) is 4.39 Å². The summed E-state index contributed by atoms with van der Waals surface area (Å²) in [6.07, 6.45) is 0. The molecule has 1 amide bonds. The van der Waals surface area contributed by atoms with E-state index in [0.29, 0.717) is 41.5 Å². The number of carbonyl (C=O) groups is 2. The van der Waals surface area contributed by atoms with Crippen molar-refractivity contribution in [1.29, 1.82) is 0 Å². The van der Waals surface area contributed by atoms with E-state index in [1.807, 2.05) is 26.0 Å². The van der Waals surface area contributed by atoms with Crippen molar-refractivity contribution in [2.75, 3.05) is 52.4 Å². The maximum Gasteiger partial charge on any atom is 0.251 e. The molecule has 0 unspecified atom stereocenters. The Bertz CT molecular complexity index is 1070. The van der Waals surface area contributed by atoms with Crippen LogP contribution in [0.25, 0.3) is 0 Å². The number of nitrogens with one attached hydrogen (secondary N) is 1. The van der Waals surface area contributed by atoms with E-state index >= 15 is 0 Å². The summed E-state index contributed by atoms with van der Waals surface area (Å²) in [6, 6.07) is 11.0. The van der Waals surface area contributed by atoms with Crippen LogP contribution in [0.3, 0.4) is 0 Å². The van der Waals surface area contributed by atoms with Crippen molar-refractivity contribution in [3.05, 3.63) is 70.7 Å². The lowest BCUT2D eigenvalue weighted by Gasteiger charge is -2.34. The number of amides is 1. The van der Waals surface area contributed by atoms with Gasteiger partial charge < -0.3 is 14.8 Å². The molecule has 34 heavy (non-hydrogen) atoms. The first-order chi connectivity index (χ1) is 16.4. The molecule has 7 nitrogen and oxygen atoms in total. The highest BCUT2D eigenvalue weighted by molar-refractivity contribution is 6.14. The molecule has 2 aromatic rings. The van der Waals surface area contributed by atoms with Crippen molar-refractivity contribution < 1.29 is 23.5 Å². The van der Waals surface area contributed by atoms with E-state index in [1.165, 1.54) is 24.3 Å². The smallest absolute Gasteiger partial charge is 0.251 e. The van der Waals surface area contributed by atoms with E-state index in [9.17, 15) is 14.0 Å². The number of halogens is 1. The largest absolute Gasteiger partial charge is 0.491 e. The molecular formula is C26H30FN3O4. The molecule has 0 aliphatic carbocycles. The molecule has 4 rings (SSSR count). The molecule has 0 radical (unpaired) electrons. The van der Waals surface area contributed by atoms with Gasteiger partial charge in [0, 0.05) is 51.4 Å². The molecule has 1 N–H and O–H groups in total. The first kappa shape index (κ1) is 23.9. The highest BCUT2D eigenvalue weighted by atomic mass is 19.1. The Morgan fingerprint density at radius 1 is 1.03 bits per heavy atom. The number of nitrogens with zero attached hydrogens (tertiary/aromatic N) is 2. The minimum Gasteiger partial charge on any atom is -0.491 e. The van der Waals surface area contributed by atoms with Crippen LogP contribution in [-0.2, 0) is 0 Å². The Morgan fingerprint density at radius 2 is 1.71 bits per heavy atom.